The van der Waals surface area contributed by atoms with Gasteiger partial charge in [-0.1, -0.05) is 41.0 Å². The molecular weight excluding hydrogens is 580 g/mol. The SMILES string of the molecule is CCCCC1OC(=O)C(C)OC(=O)C(NC(=O)O)C(C)OC(=O)C(CC(C)C)OC(=O)C(C)(C)C(=O)C(CC(C)C)NC1=O. The summed E-state index contributed by atoms with van der Waals surface area (Å²) in [6, 6.07) is -2.95. The Bertz CT molecular complexity index is 1070. The Morgan fingerprint density at radius 3 is 1.98 bits per heavy atom. The molecule has 1 heterocycles. The highest BCUT2D eigenvalue weighted by Crippen LogP contribution is 2.26. The van der Waals surface area contributed by atoms with Crippen molar-refractivity contribution in [3.05, 3.63) is 0 Å². The first-order chi connectivity index (χ1) is 20.3. The predicted molar refractivity (Wildman–Crippen MR) is 155 cm³/mol. The standard InChI is InChI=1S/C30H48N2O12/c1-10-11-12-20-24(34)31-19(13-15(2)3)23(33)30(8,9)28(38)44-21(14-16(4)5)26(36)41-17(6)22(32-29(39)40)27(37)42-18(7)25(35)43-20/h15-22,32H,10-14H2,1-9H3,(H,31,34)(H,39,40). The van der Waals surface area contributed by atoms with Gasteiger partial charge in [-0.3, -0.25) is 14.4 Å². The fourth-order valence-electron chi connectivity index (χ4n) is 4.39. The smallest absolute Gasteiger partial charge is 0.405 e. The van der Waals surface area contributed by atoms with Crippen LogP contribution in [0.5, 0.6) is 0 Å². The minimum Gasteiger partial charge on any atom is -0.465 e. The molecule has 0 bridgehead atoms. The summed E-state index contributed by atoms with van der Waals surface area (Å²) >= 11 is 0. The van der Waals surface area contributed by atoms with Gasteiger partial charge >= 0.3 is 30.0 Å². The average Bonchev–Trinajstić information content (AvgIpc) is 2.90. The van der Waals surface area contributed by atoms with Crippen molar-refractivity contribution in [1.82, 2.24) is 10.6 Å². The van der Waals surface area contributed by atoms with Gasteiger partial charge < -0.3 is 34.7 Å². The quantitative estimate of drug-likeness (QED) is 0.202. The number of rotatable bonds is 8. The molecule has 1 fully saturated rings. The summed E-state index contributed by atoms with van der Waals surface area (Å²) in [4.78, 5) is 91.1. The van der Waals surface area contributed by atoms with Crippen LogP contribution in [-0.4, -0.2) is 83.3 Å². The van der Waals surface area contributed by atoms with Gasteiger partial charge in [-0.15, -0.1) is 0 Å². The first-order valence-electron chi connectivity index (χ1n) is 15.0. The highest BCUT2D eigenvalue weighted by atomic mass is 16.6. The van der Waals surface area contributed by atoms with Gasteiger partial charge in [0.1, 0.15) is 11.5 Å². The number of esters is 4. The minimum absolute atomic E-state index is 0.0167. The van der Waals surface area contributed by atoms with Crippen LogP contribution in [0.1, 0.15) is 94.4 Å². The minimum atomic E-state index is -1.83. The number of carbonyl (C=O) groups excluding carboxylic acids is 6. The lowest BCUT2D eigenvalue weighted by Gasteiger charge is -2.31. The number of amides is 2. The lowest BCUT2D eigenvalue weighted by Crippen LogP contribution is -2.54. The highest BCUT2D eigenvalue weighted by molar-refractivity contribution is 6.07. The van der Waals surface area contributed by atoms with E-state index < -0.39 is 83.6 Å². The number of carboxylic acid groups (broad SMARTS) is 1. The van der Waals surface area contributed by atoms with Crippen LogP contribution >= 0.6 is 0 Å². The molecule has 0 aromatic rings. The number of ether oxygens (including phenoxy) is 4. The maximum atomic E-state index is 13.8. The molecule has 1 saturated heterocycles. The number of hydrogen-bond donors (Lipinski definition) is 3. The zero-order chi connectivity index (χ0) is 33.9. The van der Waals surface area contributed by atoms with E-state index in [2.05, 4.69) is 5.32 Å². The zero-order valence-corrected chi connectivity index (χ0v) is 27.1. The van der Waals surface area contributed by atoms with E-state index in [1.54, 1.807) is 13.8 Å². The molecule has 250 valence electrons. The molecule has 14 nitrogen and oxygen atoms in total. The molecule has 2 amide bonds. The van der Waals surface area contributed by atoms with Crippen LogP contribution < -0.4 is 10.6 Å². The molecule has 0 aromatic carbocycles. The maximum Gasteiger partial charge on any atom is 0.405 e. The Kier molecular flexibility index (Phi) is 14.8. The summed E-state index contributed by atoms with van der Waals surface area (Å²) in [7, 11) is 0. The van der Waals surface area contributed by atoms with Crippen molar-refractivity contribution in [3.8, 4) is 0 Å². The lowest BCUT2D eigenvalue weighted by atomic mass is 9.81. The number of hydrogen-bond acceptors (Lipinski definition) is 11. The van der Waals surface area contributed by atoms with Crippen LogP contribution in [0.15, 0.2) is 0 Å². The van der Waals surface area contributed by atoms with E-state index in [4.69, 9.17) is 18.9 Å². The fourth-order valence-corrected chi connectivity index (χ4v) is 4.39. The lowest BCUT2D eigenvalue weighted by molar-refractivity contribution is -0.183. The number of cyclic esters (lactones) is 4. The monoisotopic (exact) mass is 628 g/mol. The number of Topliss-reactive ketones (excluding diaryl/α,β-unsaturated/α-hetero) is 1. The second kappa shape index (κ2) is 17.0. The maximum absolute atomic E-state index is 13.8. The largest absolute Gasteiger partial charge is 0.465 e. The van der Waals surface area contributed by atoms with Gasteiger partial charge in [0, 0.05) is 0 Å². The van der Waals surface area contributed by atoms with Crippen LogP contribution in [0.25, 0.3) is 0 Å². The first kappa shape index (κ1) is 38.3. The topological polar surface area (TPSA) is 201 Å². The van der Waals surface area contributed by atoms with Gasteiger partial charge in [0.2, 0.25) is 0 Å². The van der Waals surface area contributed by atoms with Gasteiger partial charge in [0.05, 0.1) is 6.04 Å². The van der Waals surface area contributed by atoms with E-state index in [1.165, 1.54) is 27.7 Å². The number of ketones is 1. The molecule has 1 aliphatic heterocycles. The third-order valence-electron chi connectivity index (χ3n) is 6.96. The molecule has 6 unspecified atom stereocenters. The summed E-state index contributed by atoms with van der Waals surface area (Å²) in [5.41, 5.74) is -1.83. The van der Waals surface area contributed by atoms with Crippen LogP contribution in [-0.2, 0) is 47.7 Å². The molecule has 0 radical (unpaired) electrons. The van der Waals surface area contributed by atoms with Gasteiger partial charge in [0.15, 0.2) is 30.1 Å². The Balaban J connectivity index is 3.67. The molecule has 6 atom stereocenters. The normalized spacial score (nSPS) is 27.8. The molecule has 3 N–H and O–H groups in total. The van der Waals surface area contributed by atoms with E-state index in [0.29, 0.717) is 12.8 Å². The fraction of sp³-hybridized carbons (Fsp3) is 0.767. The third kappa shape index (κ3) is 11.4. The molecule has 0 saturated carbocycles. The third-order valence-corrected chi connectivity index (χ3v) is 6.96. The molecule has 14 heteroatoms. The van der Waals surface area contributed by atoms with Crippen LogP contribution in [0.4, 0.5) is 4.79 Å². The molecule has 0 aliphatic carbocycles. The molecule has 1 aliphatic rings. The van der Waals surface area contributed by atoms with Crippen LogP contribution in [0.3, 0.4) is 0 Å². The summed E-state index contributed by atoms with van der Waals surface area (Å²) in [6.45, 7) is 14.0. The number of unbranched alkanes of at least 4 members (excludes halogenated alkanes) is 1. The predicted octanol–water partition coefficient (Wildman–Crippen LogP) is 2.69. The van der Waals surface area contributed by atoms with Crippen molar-refractivity contribution in [2.45, 2.75) is 131 Å². The van der Waals surface area contributed by atoms with Crippen LogP contribution in [0, 0.1) is 17.3 Å². The summed E-state index contributed by atoms with van der Waals surface area (Å²) in [5, 5.41) is 13.8. The van der Waals surface area contributed by atoms with Crippen molar-refractivity contribution in [2.24, 2.45) is 17.3 Å². The second-order valence-corrected chi connectivity index (χ2v) is 12.4. The highest BCUT2D eigenvalue weighted by Gasteiger charge is 2.45. The van der Waals surface area contributed by atoms with Crippen molar-refractivity contribution in [2.75, 3.05) is 0 Å². The summed E-state index contributed by atoms with van der Waals surface area (Å²) in [5.74, 6) is -6.24. The second-order valence-electron chi connectivity index (χ2n) is 12.4. The Morgan fingerprint density at radius 1 is 0.864 bits per heavy atom. The number of carbonyl (C=O) groups is 7. The van der Waals surface area contributed by atoms with E-state index >= 15 is 0 Å². The van der Waals surface area contributed by atoms with Crippen LogP contribution in [0.2, 0.25) is 0 Å². The molecule has 44 heavy (non-hydrogen) atoms. The number of nitrogens with one attached hydrogen (secondary N) is 2. The molecule has 0 aromatic heterocycles. The van der Waals surface area contributed by atoms with E-state index in [-0.39, 0.29) is 31.1 Å². The van der Waals surface area contributed by atoms with Crippen molar-refractivity contribution < 1.29 is 57.6 Å². The van der Waals surface area contributed by atoms with Gasteiger partial charge in [-0.2, -0.15) is 0 Å². The van der Waals surface area contributed by atoms with Crippen molar-refractivity contribution >= 4 is 41.7 Å². The summed E-state index contributed by atoms with van der Waals surface area (Å²) < 4.78 is 21.4. The van der Waals surface area contributed by atoms with E-state index in [1.807, 2.05) is 26.1 Å². The Hall–Kier alpha value is -3.71. The van der Waals surface area contributed by atoms with Gasteiger partial charge in [-0.25, -0.2) is 19.2 Å². The molecule has 1 rings (SSSR count). The van der Waals surface area contributed by atoms with Gasteiger partial charge in [0.25, 0.3) is 5.91 Å². The van der Waals surface area contributed by atoms with Crippen molar-refractivity contribution in [1.29, 1.82) is 0 Å². The van der Waals surface area contributed by atoms with E-state index in [0.717, 1.165) is 0 Å². The molecule has 0 spiro atoms. The Morgan fingerprint density at radius 2 is 1.45 bits per heavy atom. The molecular formula is C30H48N2O12. The average molecular weight is 629 g/mol. The van der Waals surface area contributed by atoms with Crippen molar-refractivity contribution in [3.63, 3.8) is 0 Å². The summed E-state index contributed by atoms with van der Waals surface area (Å²) in [6.07, 6.45) is -6.23. The Labute approximate surface area is 258 Å². The van der Waals surface area contributed by atoms with E-state index in [9.17, 15) is 38.7 Å². The van der Waals surface area contributed by atoms with Gasteiger partial charge in [-0.05, 0) is 65.2 Å². The zero-order valence-electron chi connectivity index (χ0n) is 27.1. The first-order valence-corrected chi connectivity index (χ1v) is 15.0.